The molecule has 5 saturated carbocycles. The van der Waals surface area contributed by atoms with Crippen molar-refractivity contribution in [3.8, 4) is 0 Å². The van der Waals surface area contributed by atoms with Crippen molar-refractivity contribution in [2.45, 2.75) is 64.3 Å². The summed E-state index contributed by atoms with van der Waals surface area (Å²) in [5.74, 6) is 9.44. The molecule has 5 fully saturated rings. The molecular weight excluding hydrogens is 242 g/mol. The van der Waals surface area contributed by atoms with E-state index < -0.39 is 0 Å². The molecule has 2 bridgehead atoms. The standard InChI is InChI=1S/C19H31N/c1-2-3-4-5-6-7-8-20-19-16-12-10-13-15-11(12)9-14(16)17(15)18(13)19/h11-20H,2-10H2,1H3. The summed E-state index contributed by atoms with van der Waals surface area (Å²) in [5, 5.41) is 4.05. The molecule has 0 aromatic rings. The summed E-state index contributed by atoms with van der Waals surface area (Å²) in [5.41, 5.74) is 0. The van der Waals surface area contributed by atoms with Crippen LogP contribution in [0.5, 0.6) is 0 Å². The van der Waals surface area contributed by atoms with Crippen LogP contribution in [0.25, 0.3) is 0 Å². The van der Waals surface area contributed by atoms with E-state index in [1.807, 2.05) is 0 Å². The molecule has 0 aromatic carbocycles. The van der Waals surface area contributed by atoms with Gasteiger partial charge in [-0.05, 0) is 73.2 Å². The maximum atomic E-state index is 4.05. The molecular formula is C19H31N. The van der Waals surface area contributed by atoms with Gasteiger partial charge in [0.1, 0.15) is 0 Å². The van der Waals surface area contributed by atoms with Crippen LogP contribution in [0.15, 0.2) is 0 Å². The van der Waals surface area contributed by atoms with E-state index in [1.54, 1.807) is 12.8 Å². The van der Waals surface area contributed by atoms with Crippen LogP contribution in [-0.4, -0.2) is 12.6 Å². The lowest BCUT2D eigenvalue weighted by molar-refractivity contribution is 0.00975. The van der Waals surface area contributed by atoms with Gasteiger partial charge < -0.3 is 5.32 Å². The maximum Gasteiger partial charge on any atom is 0.0135 e. The molecule has 0 aromatic heterocycles. The lowest BCUT2D eigenvalue weighted by Gasteiger charge is -2.48. The summed E-state index contributed by atoms with van der Waals surface area (Å²) in [4.78, 5) is 0. The Labute approximate surface area is 124 Å². The lowest BCUT2D eigenvalue weighted by atomic mass is 9.59. The average molecular weight is 273 g/mol. The molecule has 5 aliphatic carbocycles. The Morgan fingerprint density at radius 2 is 1.40 bits per heavy atom. The molecule has 20 heavy (non-hydrogen) atoms. The van der Waals surface area contributed by atoms with Crippen LogP contribution in [0, 0.1) is 47.3 Å². The zero-order valence-electron chi connectivity index (χ0n) is 13.1. The third-order valence-corrected chi connectivity index (χ3v) is 8.23. The predicted molar refractivity (Wildman–Crippen MR) is 82.3 cm³/mol. The van der Waals surface area contributed by atoms with Crippen LogP contribution >= 0.6 is 0 Å². The Morgan fingerprint density at radius 1 is 0.700 bits per heavy atom. The monoisotopic (exact) mass is 273 g/mol. The van der Waals surface area contributed by atoms with Gasteiger partial charge in [0.2, 0.25) is 0 Å². The summed E-state index contributed by atoms with van der Waals surface area (Å²) in [6, 6.07) is 0.966. The van der Waals surface area contributed by atoms with Gasteiger partial charge in [0.05, 0.1) is 0 Å². The highest BCUT2D eigenvalue weighted by Gasteiger charge is 2.80. The van der Waals surface area contributed by atoms with E-state index in [0.717, 1.165) is 17.9 Å². The highest BCUT2D eigenvalue weighted by atomic mass is 15.0. The second kappa shape index (κ2) is 4.48. The van der Waals surface area contributed by atoms with Crippen molar-refractivity contribution >= 4 is 0 Å². The molecule has 1 heteroatoms. The Morgan fingerprint density at radius 3 is 2.25 bits per heavy atom. The van der Waals surface area contributed by atoms with Crippen molar-refractivity contribution < 1.29 is 0 Å². The first-order valence-corrected chi connectivity index (χ1v) is 9.65. The maximum absolute atomic E-state index is 4.05. The zero-order chi connectivity index (χ0) is 13.3. The number of unbranched alkanes of at least 4 members (excludes halogenated alkanes) is 5. The van der Waals surface area contributed by atoms with Crippen molar-refractivity contribution in [1.29, 1.82) is 0 Å². The second-order valence-corrected chi connectivity index (χ2v) is 8.68. The molecule has 0 heterocycles. The highest BCUT2D eigenvalue weighted by molar-refractivity contribution is 5.29. The third-order valence-electron chi connectivity index (χ3n) is 8.23. The number of rotatable bonds is 8. The SMILES string of the molecule is CCCCCCCCNC1C2C3CC4C5C3CC2C5C41. The summed E-state index contributed by atoms with van der Waals surface area (Å²) < 4.78 is 0. The van der Waals surface area contributed by atoms with E-state index in [0.29, 0.717) is 0 Å². The molecule has 5 aliphatic rings. The minimum Gasteiger partial charge on any atom is -0.313 e. The van der Waals surface area contributed by atoms with Gasteiger partial charge in [0, 0.05) is 6.04 Å². The summed E-state index contributed by atoms with van der Waals surface area (Å²) in [7, 11) is 0. The van der Waals surface area contributed by atoms with Crippen LogP contribution in [0.4, 0.5) is 0 Å². The summed E-state index contributed by atoms with van der Waals surface area (Å²) in [6.07, 6.45) is 11.9. The summed E-state index contributed by atoms with van der Waals surface area (Å²) >= 11 is 0. The zero-order valence-corrected chi connectivity index (χ0v) is 13.1. The lowest BCUT2D eigenvalue weighted by Crippen LogP contribution is -2.51. The number of hydrogen-bond acceptors (Lipinski definition) is 1. The van der Waals surface area contributed by atoms with Gasteiger partial charge in [0.15, 0.2) is 0 Å². The topological polar surface area (TPSA) is 12.0 Å². The highest BCUT2D eigenvalue weighted by Crippen LogP contribution is 2.82. The number of nitrogens with one attached hydrogen (secondary N) is 1. The van der Waals surface area contributed by atoms with E-state index in [-0.39, 0.29) is 0 Å². The van der Waals surface area contributed by atoms with Crippen molar-refractivity contribution in [2.75, 3.05) is 6.54 Å². The molecule has 0 spiro atoms. The van der Waals surface area contributed by atoms with E-state index in [1.165, 1.54) is 80.6 Å². The molecule has 9 unspecified atom stereocenters. The van der Waals surface area contributed by atoms with Crippen LogP contribution < -0.4 is 5.32 Å². The molecule has 9 atom stereocenters. The molecule has 0 aliphatic heterocycles. The molecule has 112 valence electrons. The first-order valence-electron chi connectivity index (χ1n) is 9.65. The normalized spacial score (nSPS) is 56.0. The van der Waals surface area contributed by atoms with Gasteiger partial charge in [-0.25, -0.2) is 0 Å². The van der Waals surface area contributed by atoms with E-state index in [4.69, 9.17) is 0 Å². The van der Waals surface area contributed by atoms with Crippen LogP contribution in [0.2, 0.25) is 0 Å². The number of fused-ring (bicyclic) bond motifs is 2. The predicted octanol–water partition coefficient (Wildman–Crippen LogP) is 4.08. The van der Waals surface area contributed by atoms with Crippen LogP contribution in [0.3, 0.4) is 0 Å². The van der Waals surface area contributed by atoms with E-state index in [2.05, 4.69) is 12.2 Å². The van der Waals surface area contributed by atoms with Gasteiger partial charge in [0.25, 0.3) is 0 Å². The van der Waals surface area contributed by atoms with Gasteiger partial charge in [-0.2, -0.15) is 0 Å². The fraction of sp³-hybridized carbons (Fsp3) is 1.00. The Kier molecular flexibility index (Phi) is 2.80. The van der Waals surface area contributed by atoms with Crippen LogP contribution in [-0.2, 0) is 0 Å². The average Bonchev–Trinajstić information content (AvgIpc) is 2.97. The molecule has 1 N–H and O–H groups in total. The quantitative estimate of drug-likeness (QED) is 0.657. The fourth-order valence-electron chi connectivity index (χ4n) is 7.92. The Bertz CT molecular complexity index is 385. The van der Waals surface area contributed by atoms with Crippen molar-refractivity contribution in [3.05, 3.63) is 0 Å². The second-order valence-electron chi connectivity index (χ2n) is 8.68. The van der Waals surface area contributed by atoms with Crippen molar-refractivity contribution in [3.63, 3.8) is 0 Å². The van der Waals surface area contributed by atoms with Gasteiger partial charge >= 0.3 is 0 Å². The van der Waals surface area contributed by atoms with Crippen molar-refractivity contribution in [1.82, 2.24) is 5.32 Å². The summed E-state index contributed by atoms with van der Waals surface area (Å²) in [6.45, 7) is 3.63. The molecule has 5 rings (SSSR count). The minimum atomic E-state index is 0.966. The Hall–Kier alpha value is -0.0400. The first-order chi connectivity index (χ1) is 9.92. The van der Waals surface area contributed by atoms with Crippen LogP contribution in [0.1, 0.15) is 58.3 Å². The fourth-order valence-corrected chi connectivity index (χ4v) is 7.92. The smallest absolute Gasteiger partial charge is 0.0135 e. The first kappa shape index (κ1) is 12.5. The Balaban J connectivity index is 1.12. The van der Waals surface area contributed by atoms with E-state index >= 15 is 0 Å². The molecule has 1 nitrogen and oxygen atoms in total. The van der Waals surface area contributed by atoms with E-state index in [9.17, 15) is 0 Å². The largest absolute Gasteiger partial charge is 0.313 e. The van der Waals surface area contributed by atoms with Gasteiger partial charge in [-0.3, -0.25) is 0 Å². The minimum absolute atomic E-state index is 0.966. The molecule has 0 amide bonds. The van der Waals surface area contributed by atoms with Crippen molar-refractivity contribution in [2.24, 2.45) is 47.3 Å². The molecule has 0 radical (unpaired) electrons. The third kappa shape index (κ3) is 1.39. The van der Waals surface area contributed by atoms with Gasteiger partial charge in [-0.1, -0.05) is 39.0 Å². The number of hydrogen-bond donors (Lipinski definition) is 1. The molecule has 0 saturated heterocycles. The van der Waals surface area contributed by atoms with Gasteiger partial charge in [-0.15, -0.1) is 0 Å².